The number of hydrogen-bond donors (Lipinski definition) is 1. The van der Waals surface area contributed by atoms with Gasteiger partial charge in [0.15, 0.2) is 0 Å². The fourth-order valence-corrected chi connectivity index (χ4v) is 3.67. The van der Waals surface area contributed by atoms with E-state index in [-0.39, 0.29) is 11.8 Å². The maximum absolute atomic E-state index is 11.3. The lowest BCUT2D eigenvalue weighted by molar-refractivity contribution is 0.598. The second-order valence-electron chi connectivity index (χ2n) is 5.29. The van der Waals surface area contributed by atoms with Crippen LogP contribution in [0.15, 0.2) is 18.2 Å². The Bertz CT molecular complexity index is 523. The van der Waals surface area contributed by atoms with Crippen molar-refractivity contribution in [2.75, 3.05) is 17.3 Å². The van der Waals surface area contributed by atoms with Crippen molar-refractivity contribution in [2.24, 2.45) is 0 Å². The van der Waals surface area contributed by atoms with Gasteiger partial charge >= 0.3 is 0 Å². The molecule has 0 fully saturated rings. The van der Waals surface area contributed by atoms with Crippen LogP contribution < -0.4 is 5.32 Å². The summed E-state index contributed by atoms with van der Waals surface area (Å²) in [4.78, 5) is 0. The first kappa shape index (κ1) is 13.4. The first-order valence-electron chi connectivity index (χ1n) is 6.51. The van der Waals surface area contributed by atoms with Gasteiger partial charge in [-0.3, -0.25) is 0 Å². The molecule has 100 valence electrons. The van der Waals surface area contributed by atoms with Crippen molar-refractivity contribution >= 4 is 15.5 Å². The Balaban J connectivity index is 2.14. The Morgan fingerprint density at radius 2 is 2.00 bits per heavy atom. The van der Waals surface area contributed by atoms with E-state index in [1.165, 1.54) is 30.2 Å². The molecular weight excluding hydrogens is 246 g/mol. The summed E-state index contributed by atoms with van der Waals surface area (Å²) in [5, 5.41) is 3.35. The number of benzene rings is 1. The number of hydrogen-bond acceptors (Lipinski definition) is 3. The molecule has 18 heavy (non-hydrogen) atoms. The normalized spacial score (nSPS) is 17.0. The lowest BCUT2D eigenvalue weighted by Crippen LogP contribution is -2.26. The highest BCUT2D eigenvalue weighted by Gasteiger charge is 2.15. The summed E-state index contributed by atoms with van der Waals surface area (Å²) in [5.41, 5.74) is 3.91. The van der Waals surface area contributed by atoms with Crippen molar-refractivity contribution in [1.29, 1.82) is 0 Å². The fourth-order valence-electron chi connectivity index (χ4n) is 2.68. The maximum Gasteiger partial charge on any atom is 0.149 e. The molecule has 0 radical (unpaired) electrons. The van der Waals surface area contributed by atoms with Crippen LogP contribution in [0.3, 0.4) is 0 Å². The van der Waals surface area contributed by atoms with Gasteiger partial charge in [0.2, 0.25) is 0 Å². The average Bonchev–Trinajstić information content (AvgIpc) is 2.27. The summed E-state index contributed by atoms with van der Waals surface area (Å²) < 4.78 is 22.6. The number of anilines is 1. The molecule has 1 aliphatic rings. The smallest absolute Gasteiger partial charge is 0.149 e. The molecule has 0 heterocycles. The predicted octanol–water partition coefficient (Wildman–Crippen LogP) is 2.41. The van der Waals surface area contributed by atoms with E-state index in [2.05, 4.69) is 23.5 Å². The molecule has 1 aromatic rings. The Labute approximate surface area is 110 Å². The van der Waals surface area contributed by atoms with E-state index in [1.54, 1.807) is 0 Å². The highest BCUT2D eigenvalue weighted by Crippen LogP contribution is 2.28. The first-order valence-corrected chi connectivity index (χ1v) is 8.57. The van der Waals surface area contributed by atoms with Crippen molar-refractivity contribution in [3.05, 3.63) is 29.3 Å². The van der Waals surface area contributed by atoms with Gasteiger partial charge in [-0.05, 0) is 49.8 Å². The number of aryl methyl sites for hydroxylation is 1. The van der Waals surface area contributed by atoms with Gasteiger partial charge in [0.1, 0.15) is 9.84 Å². The number of sulfone groups is 1. The van der Waals surface area contributed by atoms with Gasteiger partial charge in [0, 0.05) is 18.0 Å². The van der Waals surface area contributed by atoms with Crippen molar-refractivity contribution < 1.29 is 8.42 Å². The summed E-state index contributed by atoms with van der Waals surface area (Å²) in [5.74, 6) is 0.177. The predicted molar refractivity (Wildman–Crippen MR) is 75.9 cm³/mol. The van der Waals surface area contributed by atoms with Gasteiger partial charge in [-0.25, -0.2) is 8.42 Å². The Morgan fingerprint density at radius 1 is 1.28 bits per heavy atom. The molecular formula is C14H21NO2S. The molecule has 1 unspecified atom stereocenters. The zero-order chi connectivity index (χ0) is 13.2. The summed E-state index contributed by atoms with van der Waals surface area (Å²) in [7, 11) is -2.93. The molecule has 2 rings (SSSR count). The molecule has 0 bridgehead atoms. The van der Waals surface area contributed by atoms with Crippen LogP contribution in [-0.4, -0.2) is 26.5 Å². The van der Waals surface area contributed by atoms with Crippen LogP contribution in [0, 0.1) is 0 Å². The van der Waals surface area contributed by atoms with Crippen LogP contribution in [0.4, 0.5) is 5.69 Å². The molecule has 0 saturated heterocycles. The van der Waals surface area contributed by atoms with E-state index in [4.69, 9.17) is 0 Å². The van der Waals surface area contributed by atoms with E-state index < -0.39 is 9.84 Å². The molecule has 1 atom stereocenters. The zero-order valence-corrected chi connectivity index (χ0v) is 11.9. The summed E-state index contributed by atoms with van der Waals surface area (Å²) in [6.07, 6.45) is 6.02. The molecule has 4 heteroatoms. The van der Waals surface area contributed by atoms with Crippen molar-refractivity contribution in [3.8, 4) is 0 Å². The topological polar surface area (TPSA) is 46.2 Å². The molecule has 0 amide bonds. The minimum Gasteiger partial charge on any atom is -0.381 e. The largest absolute Gasteiger partial charge is 0.381 e. The van der Waals surface area contributed by atoms with Gasteiger partial charge in [-0.15, -0.1) is 0 Å². The molecule has 0 saturated carbocycles. The SMILES string of the molecule is CC(CS(C)(=O)=O)Nc1cccc2c1CCCC2. The van der Waals surface area contributed by atoms with Gasteiger partial charge in [0.05, 0.1) is 5.75 Å². The fraction of sp³-hybridized carbons (Fsp3) is 0.571. The third kappa shape index (κ3) is 3.48. The molecule has 1 aromatic carbocycles. The molecule has 0 aromatic heterocycles. The molecule has 3 nitrogen and oxygen atoms in total. The summed E-state index contributed by atoms with van der Waals surface area (Å²) in [6.45, 7) is 1.92. The third-order valence-corrected chi connectivity index (χ3v) is 4.46. The second kappa shape index (κ2) is 5.31. The summed E-state index contributed by atoms with van der Waals surface area (Å²) in [6, 6.07) is 6.25. The van der Waals surface area contributed by atoms with E-state index in [1.807, 2.05) is 6.92 Å². The highest BCUT2D eigenvalue weighted by atomic mass is 32.2. The van der Waals surface area contributed by atoms with Gasteiger partial charge in [-0.1, -0.05) is 12.1 Å². The average molecular weight is 267 g/mol. The quantitative estimate of drug-likeness (QED) is 0.911. The summed E-state index contributed by atoms with van der Waals surface area (Å²) >= 11 is 0. The van der Waals surface area contributed by atoms with E-state index >= 15 is 0 Å². The minimum atomic E-state index is -2.93. The molecule has 0 aliphatic heterocycles. The standard InChI is InChI=1S/C14H21NO2S/c1-11(10-18(2,16)17)15-14-9-5-7-12-6-3-4-8-13(12)14/h5,7,9,11,15H,3-4,6,8,10H2,1-2H3. The minimum absolute atomic E-state index is 0.0478. The molecule has 1 N–H and O–H groups in total. The van der Waals surface area contributed by atoms with E-state index in [0.29, 0.717) is 0 Å². The Hall–Kier alpha value is -1.03. The van der Waals surface area contributed by atoms with E-state index in [9.17, 15) is 8.42 Å². The van der Waals surface area contributed by atoms with Crippen LogP contribution in [0.1, 0.15) is 30.9 Å². The van der Waals surface area contributed by atoms with E-state index in [0.717, 1.165) is 18.5 Å². The van der Waals surface area contributed by atoms with Gasteiger partial charge in [-0.2, -0.15) is 0 Å². The van der Waals surface area contributed by atoms with Crippen molar-refractivity contribution in [1.82, 2.24) is 0 Å². The van der Waals surface area contributed by atoms with Crippen LogP contribution in [0.5, 0.6) is 0 Å². The third-order valence-electron chi connectivity index (χ3n) is 3.35. The molecule has 1 aliphatic carbocycles. The van der Waals surface area contributed by atoms with Crippen LogP contribution in [0.25, 0.3) is 0 Å². The van der Waals surface area contributed by atoms with Crippen molar-refractivity contribution in [3.63, 3.8) is 0 Å². The number of rotatable bonds is 4. The monoisotopic (exact) mass is 267 g/mol. The maximum atomic E-state index is 11.3. The number of fused-ring (bicyclic) bond motifs is 1. The van der Waals surface area contributed by atoms with Crippen LogP contribution in [0.2, 0.25) is 0 Å². The Morgan fingerprint density at radius 3 is 2.72 bits per heavy atom. The van der Waals surface area contributed by atoms with Crippen LogP contribution in [-0.2, 0) is 22.7 Å². The Kier molecular flexibility index (Phi) is 3.95. The molecule has 0 spiro atoms. The zero-order valence-electron chi connectivity index (χ0n) is 11.1. The lowest BCUT2D eigenvalue weighted by atomic mass is 9.90. The van der Waals surface area contributed by atoms with Gasteiger partial charge in [0.25, 0.3) is 0 Å². The number of nitrogens with one attached hydrogen (secondary N) is 1. The van der Waals surface area contributed by atoms with Gasteiger partial charge < -0.3 is 5.32 Å². The van der Waals surface area contributed by atoms with Crippen LogP contribution >= 0.6 is 0 Å². The first-order chi connectivity index (χ1) is 8.46. The van der Waals surface area contributed by atoms with Crippen molar-refractivity contribution in [2.45, 2.75) is 38.6 Å². The highest BCUT2D eigenvalue weighted by molar-refractivity contribution is 7.90. The lowest BCUT2D eigenvalue weighted by Gasteiger charge is -2.22. The second-order valence-corrected chi connectivity index (χ2v) is 7.47.